The van der Waals surface area contributed by atoms with Gasteiger partial charge in [0.15, 0.2) is 0 Å². The Balaban J connectivity index is 1.91. The lowest BCUT2D eigenvalue weighted by atomic mass is 10.1. The van der Waals surface area contributed by atoms with Crippen molar-refractivity contribution in [2.45, 2.75) is 38.3 Å². The second kappa shape index (κ2) is 4.41. The molecule has 2 atom stereocenters. The molecule has 16 heavy (non-hydrogen) atoms. The van der Waals surface area contributed by atoms with Gasteiger partial charge >= 0.3 is 5.97 Å². The van der Waals surface area contributed by atoms with Crippen molar-refractivity contribution in [3.05, 3.63) is 0 Å². The zero-order valence-corrected chi connectivity index (χ0v) is 9.56. The van der Waals surface area contributed by atoms with Crippen LogP contribution in [0.5, 0.6) is 0 Å². The van der Waals surface area contributed by atoms with Crippen LogP contribution in [0.1, 0.15) is 26.2 Å². The average molecular weight is 226 g/mol. The number of hydrogen-bond donors (Lipinski definition) is 1. The SMILES string of the molecule is CC(CC(=O)O)N1CCN2C(=O)CCC2C1. The van der Waals surface area contributed by atoms with E-state index in [0.717, 1.165) is 26.1 Å². The highest BCUT2D eigenvalue weighted by Crippen LogP contribution is 2.24. The Labute approximate surface area is 95.0 Å². The third-order valence-electron chi connectivity index (χ3n) is 3.62. The summed E-state index contributed by atoms with van der Waals surface area (Å²) < 4.78 is 0. The molecular weight excluding hydrogens is 208 g/mol. The van der Waals surface area contributed by atoms with Gasteiger partial charge in [0, 0.05) is 38.1 Å². The Morgan fingerprint density at radius 2 is 2.31 bits per heavy atom. The minimum Gasteiger partial charge on any atom is -0.481 e. The van der Waals surface area contributed by atoms with E-state index in [9.17, 15) is 9.59 Å². The second-order valence-electron chi connectivity index (χ2n) is 4.72. The molecule has 5 nitrogen and oxygen atoms in total. The van der Waals surface area contributed by atoms with E-state index in [1.165, 1.54) is 0 Å². The minimum absolute atomic E-state index is 0.0651. The first-order valence-electron chi connectivity index (χ1n) is 5.83. The molecule has 0 aromatic carbocycles. The number of aliphatic carboxylic acids is 1. The molecule has 1 amide bonds. The predicted octanol–water partition coefficient (Wildman–Crippen LogP) is 0.156. The fourth-order valence-electron chi connectivity index (χ4n) is 2.67. The topological polar surface area (TPSA) is 60.9 Å². The van der Waals surface area contributed by atoms with Gasteiger partial charge in [-0.2, -0.15) is 0 Å². The molecule has 5 heteroatoms. The summed E-state index contributed by atoms with van der Waals surface area (Å²) in [6.07, 6.45) is 1.77. The number of hydrogen-bond acceptors (Lipinski definition) is 3. The number of carboxylic acid groups (broad SMARTS) is 1. The van der Waals surface area contributed by atoms with Crippen molar-refractivity contribution < 1.29 is 14.7 Å². The molecule has 0 bridgehead atoms. The summed E-state index contributed by atoms with van der Waals surface area (Å²) in [5.41, 5.74) is 0. The van der Waals surface area contributed by atoms with Crippen molar-refractivity contribution in [3.63, 3.8) is 0 Å². The van der Waals surface area contributed by atoms with Crippen LogP contribution in [0.2, 0.25) is 0 Å². The van der Waals surface area contributed by atoms with Gasteiger partial charge in [-0.25, -0.2) is 0 Å². The van der Waals surface area contributed by atoms with Gasteiger partial charge in [0.1, 0.15) is 0 Å². The molecular formula is C11H18N2O3. The Morgan fingerprint density at radius 3 is 3.00 bits per heavy atom. The van der Waals surface area contributed by atoms with Crippen LogP contribution in [0.3, 0.4) is 0 Å². The van der Waals surface area contributed by atoms with Crippen molar-refractivity contribution in [2.24, 2.45) is 0 Å². The number of fused-ring (bicyclic) bond motifs is 1. The maximum atomic E-state index is 11.5. The van der Waals surface area contributed by atoms with Gasteiger partial charge in [-0.3, -0.25) is 14.5 Å². The molecule has 2 fully saturated rings. The van der Waals surface area contributed by atoms with Crippen LogP contribution in [0.4, 0.5) is 0 Å². The van der Waals surface area contributed by atoms with E-state index in [1.807, 2.05) is 11.8 Å². The molecule has 2 saturated heterocycles. The summed E-state index contributed by atoms with van der Waals surface area (Å²) in [6, 6.07) is 0.382. The molecule has 2 heterocycles. The molecule has 0 spiro atoms. The highest BCUT2D eigenvalue weighted by atomic mass is 16.4. The molecule has 0 aliphatic carbocycles. The monoisotopic (exact) mass is 226 g/mol. The van der Waals surface area contributed by atoms with Crippen LogP contribution in [0.25, 0.3) is 0 Å². The molecule has 1 N–H and O–H groups in total. The highest BCUT2D eigenvalue weighted by Gasteiger charge is 2.36. The first-order chi connectivity index (χ1) is 7.58. The maximum Gasteiger partial charge on any atom is 0.304 e. The Bertz CT molecular complexity index is 306. The molecule has 2 aliphatic rings. The van der Waals surface area contributed by atoms with Gasteiger partial charge in [0.2, 0.25) is 5.91 Å². The van der Waals surface area contributed by atoms with E-state index < -0.39 is 5.97 Å². The summed E-state index contributed by atoms with van der Waals surface area (Å²) >= 11 is 0. The number of carbonyl (C=O) groups excluding carboxylic acids is 1. The lowest BCUT2D eigenvalue weighted by Gasteiger charge is -2.40. The standard InChI is InChI=1S/C11H18N2O3/c1-8(6-11(15)16)12-4-5-13-9(7-12)2-3-10(13)14/h8-9H,2-7H2,1H3,(H,15,16). The normalized spacial score (nSPS) is 27.9. The van der Waals surface area contributed by atoms with Gasteiger partial charge in [0.25, 0.3) is 0 Å². The van der Waals surface area contributed by atoms with E-state index in [4.69, 9.17) is 5.11 Å². The van der Waals surface area contributed by atoms with Crippen LogP contribution in [0.15, 0.2) is 0 Å². The first kappa shape index (κ1) is 11.4. The third kappa shape index (κ3) is 2.19. The number of carbonyl (C=O) groups is 2. The van der Waals surface area contributed by atoms with Gasteiger partial charge in [-0.05, 0) is 13.3 Å². The summed E-state index contributed by atoms with van der Waals surface area (Å²) in [7, 11) is 0. The van der Waals surface area contributed by atoms with Gasteiger partial charge < -0.3 is 10.0 Å². The number of rotatable bonds is 3. The Morgan fingerprint density at radius 1 is 1.56 bits per heavy atom. The number of nitrogens with zero attached hydrogens (tertiary/aromatic N) is 2. The number of piperazine rings is 1. The smallest absolute Gasteiger partial charge is 0.304 e. The van der Waals surface area contributed by atoms with Crippen LogP contribution in [-0.4, -0.2) is 58.5 Å². The van der Waals surface area contributed by atoms with Gasteiger partial charge in [-0.1, -0.05) is 0 Å². The molecule has 2 unspecified atom stereocenters. The first-order valence-corrected chi connectivity index (χ1v) is 5.83. The van der Waals surface area contributed by atoms with Crippen molar-refractivity contribution in [1.29, 1.82) is 0 Å². The van der Waals surface area contributed by atoms with Crippen LogP contribution >= 0.6 is 0 Å². The maximum absolute atomic E-state index is 11.5. The molecule has 0 aromatic heterocycles. The quantitative estimate of drug-likeness (QED) is 0.744. The predicted molar refractivity (Wildman–Crippen MR) is 58.0 cm³/mol. The Hall–Kier alpha value is -1.10. The number of carboxylic acids is 1. The Kier molecular flexibility index (Phi) is 3.14. The van der Waals surface area contributed by atoms with E-state index in [2.05, 4.69) is 4.90 Å². The van der Waals surface area contributed by atoms with E-state index in [1.54, 1.807) is 0 Å². The fraction of sp³-hybridized carbons (Fsp3) is 0.818. The zero-order chi connectivity index (χ0) is 11.7. The summed E-state index contributed by atoms with van der Waals surface area (Å²) in [5, 5.41) is 8.75. The minimum atomic E-state index is -0.752. The summed E-state index contributed by atoms with van der Waals surface area (Å²) in [6.45, 7) is 4.34. The molecule has 2 aliphatic heterocycles. The summed E-state index contributed by atoms with van der Waals surface area (Å²) in [5.74, 6) is -0.493. The fourth-order valence-corrected chi connectivity index (χ4v) is 2.67. The van der Waals surface area contributed by atoms with E-state index in [0.29, 0.717) is 12.5 Å². The van der Waals surface area contributed by atoms with E-state index >= 15 is 0 Å². The van der Waals surface area contributed by atoms with E-state index in [-0.39, 0.29) is 18.4 Å². The zero-order valence-electron chi connectivity index (χ0n) is 9.56. The van der Waals surface area contributed by atoms with Gasteiger partial charge in [0.05, 0.1) is 6.42 Å². The van der Waals surface area contributed by atoms with Gasteiger partial charge in [-0.15, -0.1) is 0 Å². The molecule has 2 rings (SSSR count). The molecule has 0 saturated carbocycles. The van der Waals surface area contributed by atoms with Crippen LogP contribution in [0, 0.1) is 0 Å². The second-order valence-corrected chi connectivity index (χ2v) is 4.72. The lowest BCUT2D eigenvalue weighted by Crippen LogP contribution is -2.54. The number of amides is 1. The molecule has 0 radical (unpaired) electrons. The van der Waals surface area contributed by atoms with Crippen molar-refractivity contribution in [3.8, 4) is 0 Å². The largest absolute Gasteiger partial charge is 0.481 e. The van der Waals surface area contributed by atoms with Crippen molar-refractivity contribution in [1.82, 2.24) is 9.80 Å². The molecule has 90 valence electrons. The average Bonchev–Trinajstić information content (AvgIpc) is 2.59. The highest BCUT2D eigenvalue weighted by molar-refractivity contribution is 5.79. The van der Waals surface area contributed by atoms with Crippen LogP contribution < -0.4 is 0 Å². The van der Waals surface area contributed by atoms with Crippen LogP contribution in [-0.2, 0) is 9.59 Å². The lowest BCUT2D eigenvalue weighted by molar-refractivity contribution is -0.139. The van der Waals surface area contributed by atoms with Crippen molar-refractivity contribution in [2.75, 3.05) is 19.6 Å². The van der Waals surface area contributed by atoms with Crippen molar-refractivity contribution >= 4 is 11.9 Å². The summed E-state index contributed by atoms with van der Waals surface area (Å²) in [4.78, 5) is 26.3. The third-order valence-corrected chi connectivity index (χ3v) is 3.62. The molecule has 0 aromatic rings.